The normalized spacial score (nSPS) is 18.6. The van der Waals surface area contributed by atoms with Crippen LogP contribution in [0.4, 0.5) is 0 Å². The van der Waals surface area contributed by atoms with Gasteiger partial charge in [0.05, 0.1) is 29.5 Å². The molecule has 2 heterocycles. The van der Waals surface area contributed by atoms with Crippen molar-refractivity contribution < 1.29 is 17.9 Å². The average Bonchev–Trinajstić information content (AvgIpc) is 3.08. The first-order valence-electron chi connectivity index (χ1n) is 9.45. The Morgan fingerprint density at radius 1 is 1.39 bits per heavy atom. The summed E-state index contributed by atoms with van der Waals surface area (Å²) >= 11 is 0. The summed E-state index contributed by atoms with van der Waals surface area (Å²) in [6, 6.07) is 4.86. The monoisotopic (exact) mass is 409 g/mol. The molecule has 1 atom stereocenters. The molecule has 3 rings (SSSR count). The van der Waals surface area contributed by atoms with Crippen molar-refractivity contribution in [3.8, 4) is 0 Å². The van der Waals surface area contributed by atoms with Gasteiger partial charge in [-0.05, 0) is 44.9 Å². The fourth-order valence-corrected chi connectivity index (χ4v) is 4.93. The van der Waals surface area contributed by atoms with Gasteiger partial charge in [-0.15, -0.1) is 5.10 Å². The van der Waals surface area contributed by atoms with E-state index in [9.17, 15) is 13.2 Å². The zero-order chi connectivity index (χ0) is 20.3. The van der Waals surface area contributed by atoms with Gasteiger partial charge in [-0.25, -0.2) is 13.1 Å². The number of carbonyl (C=O) groups is 1. The van der Waals surface area contributed by atoms with E-state index in [0.29, 0.717) is 38.1 Å². The molecule has 0 bridgehead atoms. The van der Waals surface area contributed by atoms with Gasteiger partial charge < -0.3 is 10.1 Å². The third-order valence-electron chi connectivity index (χ3n) is 4.82. The lowest BCUT2D eigenvalue weighted by molar-refractivity contribution is -0.126. The molecule has 1 aromatic carbocycles. The van der Waals surface area contributed by atoms with Crippen LogP contribution in [0.25, 0.3) is 11.0 Å². The Morgan fingerprint density at radius 3 is 2.89 bits per heavy atom. The summed E-state index contributed by atoms with van der Waals surface area (Å²) in [5, 5.41) is 11.0. The van der Waals surface area contributed by atoms with E-state index in [1.54, 1.807) is 30.0 Å². The highest BCUT2D eigenvalue weighted by Gasteiger charge is 2.33. The van der Waals surface area contributed by atoms with Gasteiger partial charge >= 0.3 is 0 Å². The number of sulfonamides is 1. The van der Waals surface area contributed by atoms with Gasteiger partial charge in [-0.1, -0.05) is 5.21 Å². The summed E-state index contributed by atoms with van der Waals surface area (Å²) in [4.78, 5) is 12.5. The highest BCUT2D eigenvalue weighted by Crippen LogP contribution is 2.26. The lowest BCUT2D eigenvalue weighted by atomic mass is 9.98. The third-order valence-corrected chi connectivity index (χ3v) is 6.68. The van der Waals surface area contributed by atoms with E-state index in [1.165, 1.54) is 4.31 Å². The maximum absolute atomic E-state index is 13.1. The van der Waals surface area contributed by atoms with Crippen LogP contribution in [-0.2, 0) is 26.1 Å². The quantitative estimate of drug-likeness (QED) is 0.731. The number of amides is 1. The molecule has 1 aromatic heterocycles. The molecule has 0 spiro atoms. The molecule has 0 unspecified atom stereocenters. The minimum absolute atomic E-state index is 0.0302. The van der Waals surface area contributed by atoms with Crippen LogP contribution in [-0.4, -0.2) is 66.5 Å². The number of aromatic nitrogens is 3. The molecule has 10 heteroatoms. The Bertz CT molecular complexity index is 941. The van der Waals surface area contributed by atoms with Crippen molar-refractivity contribution in [2.24, 2.45) is 5.92 Å². The van der Waals surface area contributed by atoms with Crippen LogP contribution in [0.2, 0.25) is 0 Å². The molecule has 1 N–H and O–H groups in total. The highest BCUT2D eigenvalue weighted by atomic mass is 32.2. The number of hydrogen-bond donors (Lipinski definition) is 1. The Morgan fingerprint density at radius 2 is 2.18 bits per heavy atom. The molecule has 0 aliphatic carbocycles. The Kier molecular flexibility index (Phi) is 6.31. The number of ether oxygens (including phenoxy) is 1. The molecule has 9 nitrogen and oxygen atoms in total. The van der Waals surface area contributed by atoms with Gasteiger partial charge in [0.1, 0.15) is 5.52 Å². The van der Waals surface area contributed by atoms with E-state index in [-0.39, 0.29) is 29.3 Å². The zero-order valence-corrected chi connectivity index (χ0v) is 17.3. The minimum atomic E-state index is -3.70. The second kappa shape index (κ2) is 8.54. The second-order valence-electron chi connectivity index (χ2n) is 7.32. The number of methoxy groups -OCH3 is 1. The van der Waals surface area contributed by atoms with Gasteiger partial charge in [-0.2, -0.15) is 4.31 Å². The average molecular weight is 410 g/mol. The smallest absolute Gasteiger partial charge is 0.243 e. The molecular weight excluding hydrogens is 382 g/mol. The number of benzene rings is 1. The maximum Gasteiger partial charge on any atom is 0.243 e. The third kappa shape index (κ3) is 4.34. The van der Waals surface area contributed by atoms with Crippen molar-refractivity contribution in [2.75, 3.05) is 26.8 Å². The molecule has 1 saturated heterocycles. The summed E-state index contributed by atoms with van der Waals surface area (Å²) in [5.74, 6) is -0.420. The van der Waals surface area contributed by atoms with Crippen LogP contribution in [0.1, 0.15) is 26.7 Å². The first-order chi connectivity index (χ1) is 13.3. The number of nitrogens with zero attached hydrogens (tertiary/aromatic N) is 4. The number of nitrogens with one attached hydrogen (secondary N) is 1. The molecule has 0 saturated carbocycles. The van der Waals surface area contributed by atoms with E-state index in [2.05, 4.69) is 15.6 Å². The Hall–Kier alpha value is -2.04. The summed E-state index contributed by atoms with van der Waals surface area (Å²) in [6.45, 7) is 5.42. The predicted octanol–water partition coefficient (Wildman–Crippen LogP) is 1.00. The van der Waals surface area contributed by atoms with Crippen molar-refractivity contribution in [1.29, 1.82) is 0 Å². The molecule has 1 aliphatic rings. The largest absolute Gasteiger partial charge is 0.383 e. The summed E-state index contributed by atoms with van der Waals surface area (Å²) in [5.41, 5.74) is 1.27. The maximum atomic E-state index is 13.1. The summed E-state index contributed by atoms with van der Waals surface area (Å²) in [7, 11) is -2.10. The lowest BCUT2D eigenvalue weighted by Gasteiger charge is -2.31. The topological polar surface area (TPSA) is 106 Å². The van der Waals surface area contributed by atoms with Gasteiger partial charge in [0, 0.05) is 26.2 Å². The van der Waals surface area contributed by atoms with Crippen molar-refractivity contribution in [1.82, 2.24) is 24.6 Å². The molecule has 28 heavy (non-hydrogen) atoms. The predicted molar refractivity (Wildman–Crippen MR) is 104 cm³/mol. The fourth-order valence-electron chi connectivity index (χ4n) is 3.38. The zero-order valence-electron chi connectivity index (χ0n) is 16.5. The number of rotatable bonds is 7. The molecule has 0 radical (unpaired) electrons. The van der Waals surface area contributed by atoms with Crippen molar-refractivity contribution >= 4 is 27.0 Å². The second-order valence-corrected chi connectivity index (χ2v) is 9.26. The standard InChI is InChI=1S/C18H27N5O4S/c1-13(2)19-18(24)14-5-4-8-22(12-14)28(25,26)15-6-7-17-16(11-15)20-21-23(17)9-10-27-3/h6-7,11,13-14H,4-5,8-10,12H2,1-3H3,(H,19,24)/t14-/m1/s1. The van der Waals surface area contributed by atoms with Crippen LogP contribution < -0.4 is 5.32 Å². The van der Waals surface area contributed by atoms with Gasteiger partial charge in [0.15, 0.2) is 0 Å². The Labute approximate surface area is 165 Å². The first-order valence-corrected chi connectivity index (χ1v) is 10.9. The molecule has 1 amide bonds. The van der Waals surface area contributed by atoms with Gasteiger partial charge in [0.2, 0.25) is 15.9 Å². The molecule has 154 valence electrons. The summed E-state index contributed by atoms with van der Waals surface area (Å²) in [6.07, 6.45) is 1.35. The van der Waals surface area contributed by atoms with Crippen LogP contribution >= 0.6 is 0 Å². The summed E-state index contributed by atoms with van der Waals surface area (Å²) < 4.78 is 34.4. The van der Waals surface area contributed by atoms with E-state index < -0.39 is 10.0 Å². The van der Waals surface area contributed by atoms with Crippen LogP contribution in [0.15, 0.2) is 23.1 Å². The van der Waals surface area contributed by atoms with Gasteiger partial charge in [0.25, 0.3) is 0 Å². The van der Waals surface area contributed by atoms with E-state index in [4.69, 9.17) is 4.74 Å². The molecule has 1 fully saturated rings. The number of carbonyl (C=O) groups excluding carboxylic acids is 1. The lowest BCUT2D eigenvalue weighted by Crippen LogP contribution is -2.46. The van der Waals surface area contributed by atoms with E-state index in [1.807, 2.05) is 13.8 Å². The van der Waals surface area contributed by atoms with Crippen molar-refractivity contribution in [3.63, 3.8) is 0 Å². The number of piperidine rings is 1. The molecular formula is C18H27N5O4S. The van der Waals surface area contributed by atoms with Crippen LogP contribution in [0, 0.1) is 5.92 Å². The van der Waals surface area contributed by atoms with E-state index >= 15 is 0 Å². The first kappa shape index (κ1) is 20.7. The van der Waals surface area contributed by atoms with Crippen molar-refractivity contribution in [2.45, 2.75) is 44.2 Å². The van der Waals surface area contributed by atoms with Crippen LogP contribution in [0.5, 0.6) is 0 Å². The minimum Gasteiger partial charge on any atom is -0.383 e. The number of fused-ring (bicyclic) bond motifs is 1. The molecule has 1 aliphatic heterocycles. The Balaban J connectivity index is 1.80. The SMILES string of the molecule is COCCn1nnc2cc(S(=O)(=O)N3CCC[C@@H](C(=O)NC(C)C)C3)ccc21. The van der Waals surface area contributed by atoms with Crippen LogP contribution in [0.3, 0.4) is 0 Å². The highest BCUT2D eigenvalue weighted by molar-refractivity contribution is 7.89. The fraction of sp³-hybridized carbons (Fsp3) is 0.611. The van der Waals surface area contributed by atoms with Gasteiger partial charge in [-0.3, -0.25) is 4.79 Å². The molecule has 2 aromatic rings. The van der Waals surface area contributed by atoms with Crippen molar-refractivity contribution in [3.05, 3.63) is 18.2 Å². The number of hydrogen-bond acceptors (Lipinski definition) is 6. The van der Waals surface area contributed by atoms with E-state index in [0.717, 1.165) is 5.52 Å².